The smallest absolute Gasteiger partial charge is 0.0917 e. The number of rotatable bonds is 10. The Morgan fingerprint density at radius 3 is 2.38 bits per heavy atom. The number of nitrogens with zero attached hydrogens (tertiary/aromatic N) is 1. The third-order valence-electron chi connectivity index (χ3n) is 3.78. The first-order chi connectivity index (χ1) is 10.1. The van der Waals surface area contributed by atoms with Crippen molar-refractivity contribution in [3.05, 3.63) is 34.9 Å². The average molecular weight is 295 g/mol. The second kappa shape index (κ2) is 9.90. The highest BCUT2D eigenvalue weighted by Gasteiger charge is 2.14. The maximum Gasteiger partial charge on any atom is 0.0917 e. The maximum absolute atomic E-state index is 10.4. The molecule has 0 saturated heterocycles. The fraction of sp³-hybridized carbons (Fsp3) is 0.647. The molecular formula is C17H29NO3. The SMILES string of the molecule is COCCCN(CCOC)CC(O)c1ccc(C)c(C)c1. The van der Waals surface area contributed by atoms with E-state index >= 15 is 0 Å². The maximum atomic E-state index is 10.4. The summed E-state index contributed by atoms with van der Waals surface area (Å²) >= 11 is 0. The molecule has 1 N–H and O–H groups in total. The third kappa shape index (κ3) is 6.57. The van der Waals surface area contributed by atoms with E-state index in [0.717, 1.165) is 31.7 Å². The molecule has 0 fully saturated rings. The molecule has 4 heteroatoms. The Balaban J connectivity index is 2.60. The van der Waals surface area contributed by atoms with Crippen LogP contribution in [-0.2, 0) is 9.47 Å². The molecule has 0 radical (unpaired) electrons. The van der Waals surface area contributed by atoms with Gasteiger partial charge in [-0.05, 0) is 37.0 Å². The highest BCUT2D eigenvalue weighted by atomic mass is 16.5. The van der Waals surface area contributed by atoms with Gasteiger partial charge in [0.1, 0.15) is 0 Å². The molecule has 1 atom stereocenters. The molecule has 1 aromatic rings. The number of aryl methyl sites for hydroxylation is 2. The topological polar surface area (TPSA) is 41.9 Å². The van der Waals surface area contributed by atoms with Crippen LogP contribution in [0.1, 0.15) is 29.2 Å². The van der Waals surface area contributed by atoms with Crippen LogP contribution in [0.5, 0.6) is 0 Å². The Labute approximate surface area is 128 Å². The van der Waals surface area contributed by atoms with Gasteiger partial charge in [-0.25, -0.2) is 0 Å². The van der Waals surface area contributed by atoms with Crippen molar-refractivity contribution in [1.29, 1.82) is 0 Å². The van der Waals surface area contributed by atoms with Gasteiger partial charge in [-0.2, -0.15) is 0 Å². The van der Waals surface area contributed by atoms with E-state index in [9.17, 15) is 5.11 Å². The normalized spacial score (nSPS) is 12.9. The summed E-state index contributed by atoms with van der Waals surface area (Å²) in [7, 11) is 3.41. The summed E-state index contributed by atoms with van der Waals surface area (Å²) < 4.78 is 10.2. The summed E-state index contributed by atoms with van der Waals surface area (Å²) in [6.07, 6.45) is 0.489. The highest BCUT2D eigenvalue weighted by molar-refractivity contribution is 5.31. The lowest BCUT2D eigenvalue weighted by Crippen LogP contribution is -2.33. The molecule has 0 aromatic heterocycles. The highest BCUT2D eigenvalue weighted by Crippen LogP contribution is 2.18. The van der Waals surface area contributed by atoms with Crippen molar-refractivity contribution in [2.75, 3.05) is 47.1 Å². The lowest BCUT2D eigenvalue weighted by atomic mass is 10.0. The number of ether oxygens (including phenoxy) is 2. The molecule has 1 rings (SSSR count). The van der Waals surface area contributed by atoms with Crippen LogP contribution in [0.25, 0.3) is 0 Å². The Kier molecular flexibility index (Phi) is 8.54. The van der Waals surface area contributed by atoms with E-state index in [1.165, 1.54) is 11.1 Å². The zero-order chi connectivity index (χ0) is 15.7. The molecule has 1 unspecified atom stereocenters. The fourth-order valence-corrected chi connectivity index (χ4v) is 2.27. The molecule has 0 heterocycles. The summed E-state index contributed by atoms with van der Waals surface area (Å²) in [5.41, 5.74) is 3.45. The number of methoxy groups -OCH3 is 2. The van der Waals surface area contributed by atoms with E-state index in [0.29, 0.717) is 13.2 Å². The molecule has 1 aromatic carbocycles. The van der Waals surface area contributed by atoms with Gasteiger partial charge in [-0.3, -0.25) is 4.90 Å². The number of aliphatic hydroxyl groups excluding tert-OH is 1. The van der Waals surface area contributed by atoms with Crippen LogP contribution in [0.15, 0.2) is 18.2 Å². The Morgan fingerprint density at radius 2 is 1.76 bits per heavy atom. The van der Waals surface area contributed by atoms with Crippen molar-refractivity contribution in [3.8, 4) is 0 Å². The van der Waals surface area contributed by atoms with Crippen LogP contribution in [-0.4, -0.2) is 57.1 Å². The van der Waals surface area contributed by atoms with E-state index in [-0.39, 0.29) is 0 Å². The summed E-state index contributed by atoms with van der Waals surface area (Å²) in [6.45, 7) is 7.92. The zero-order valence-electron chi connectivity index (χ0n) is 13.8. The number of aliphatic hydroxyl groups is 1. The van der Waals surface area contributed by atoms with Gasteiger partial charge in [-0.15, -0.1) is 0 Å². The monoisotopic (exact) mass is 295 g/mol. The van der Waals surface area contributed by atoms with Gasteiger partial charge in [0.05, 0.1) is 12.7 Å². The predicted molar refractivity (Wildman–Crippen MR) is 85.7 cm³/mol. The quantitative estimate of drug-likeness (QED) is 0.673. The molecule has 0 amide bonds. The predicted octanol–water partition coefficient (Wildman–Crippen LogP) is 2.32. The first kappa shape index (κ1) is 18.1. The number of hydrogen-bond acceptors (Lipinski definition) is 4. The molecule has 120 valence electrons. The summed E-state index contributed by atoms with van der Waals surface area (Å²) in [5, 5.41) is 10.4. The lowest BCUT2D eigenvalue weighted by molar-refractivity contribution is 0.0818. The summed E-state index contributed by atoms with van der Waals surface area (Å²) in [4.78, 5) is 2.22. The van der Waals surface area contributed by atoms with Crippen LogP contribution >= 0.6 is 0 Å². The largest absolute Gasteiger partial charge is 0.387 e. The van der Waals surface area contributed by atoms with Gasteiger partial charge in [0.2, 0.25) is 0 Å². The van der Waals surface area contributed by atoms with Gasteiger partial charge in [-0.1, -0.05) is 18.2 Å². The number of hydrogen-bond donors (Lipinski definition) is 1. The van der Waals surface area contributed by atoms with Crippen LogP contribution in [0.3, 0.4) is 0 Å². The Bertz CT molecular complexity index is 409. The Hall–Kier alpha value is -0.940. The summed E-state index contributed by atoms with van der Waals surface area (Å²) in [5.74, 6) is 0. The molecule has 4 nitrogen and oxygen atoms in total. The average Bonchev–Trinajstić information content (AvgIpc) is 2.47. The van der Waals surface area contributed by atoms with Gasteiger partial charge < -0.3 is 14.6 Å². The van der Waals surface area contributed by atoms with Crippen LogP contribution in [0.4, 0.5) is 0 Å². The van der Waals surface area contributed by atoms with E-state index < -0.39 is 6.10 Å². The molecule has 21 heavy (non-hydrogen) atoms. The van der Waals surface area contributed by atoms with Gasteiger partial charge >= 0.3 is 0 Å². The minimum absolute atomic E-state index is 0.469. The van der Waals surface area contributed by atoms with E-state index in [1.807, 2.05) is 6.07 Å². The minimum Gasteiger partial charge on any atom is -0.387 e. The van der Waals surface area contributed by atoms with E-state index in [4.69, 9.17) is 9.47 Å². The first-order valence-corrected chi connectivity index (χ1v) is 7.54. The number of benzene rings is 1. The van der Waals surface area contributed by atoms with Crippen molar-refractivity contribution in [1.82, 2.24) is 4.90 Å². The standard InChI is InChI=1S/C17H29NO3/c1-14-6-7-16(12-15(14)2)17(19)13-18(9-11-21-4)8-5-10-20-3/h6-7,12,17,19H,5,8-11,13H2,1-4H3. The molecule has 0 bridgehead atoms. The molecule has 0 aliphatic carbocycles. The second-order valence-corrected chi connectivity index (χ2v) is 5.50. The van der Waals surface area contributed by atoms with Gasteiger partial charge in [0, 0.05) is 40.5 Å². The fourth-order valence-electron chi connectivity index (χ4n) is 2.27. The van der Waals surface area contributed by atoms with Crippen LogP contribution in [0, 0.1) is 13.8 Å². The van der Waals surface area contributed by atoms with E-state index in [2.05, 4.69) is 30.9 Å². The van der Waals surface area contributed by atoms with Crippen molar-refractivity contribution >= 4 is 0 Å². The summed E-state index contributed by atoms with van der Waals surface area (Å²) in [6, 6.07) is 6.15. The molecule has 0 saturated carbocycles. The molecular weight excluding hydrogens is 266 g/mol. The lowest BCUT2D eigenvalue weighted by Gasteiger charge is -2.25. The van der Waals surface area contributed by atoms with Gasteiger partial charge in [0.15, 0.2) is 0 Å². The van der Waals surface area contributed by atoms with Gasteiger partial charge in [0.25, 0.3) is 0 Å². The molecule has 0 aliphatic heterocycles. The molecule has 0 aliphatic rings. The van der Waals surface area contributed by atoms with Crippen molar-refractivity contribution < 1.29 is 14.6 Å². The van der Waals surface area contributed by atoms with E-state index in [1.54, 1.807) is 14.2 Å². The second-order valence-electron chi connectivity index (χ2n) is 5.50. The minimum atomic E-state index is -0.469. The Morgan fingerprint density at radius 1 is 1.05 bits per heavy atom. The van der Waals surface area contributed by atoms with Crippen molar-refractivity contribution in [2.24, 2.45) is 0 Å². The van der Waals surface area contributed by atoms with Crippen molar-refractivity contribution in [3.63, 3.8) is 0 Å². The third-order valence-corrected chi connectivity index (χ3v) is 3.78. The zero-order valence-corrected chi connectivity index (χ0v) is 13.8. The van der Waals surface area contributed by atoms with Crippen LogP contribution < -0.4 is 0 Å². The molecule has 0 spiro atoms. The van der Waals surface area contributed by atoms with Crippen molar-refractivity contribution in [2.45, 2.75) is 26.4 Å². The first-order valence-electron chi connectivity index (χ1n) is 7.54. The van der Waals surface area contributed by atoms with Crippen LogP contribution in [0.2, 0.25) is 0 Å².